The zero-order valence-electron chi connectivity index (χ0n) is 9.59. The number of nitrogens with one attached hydrogen (secondary N) is 1. The van der Waals surface area contributed by atoms with Crippen LogP contribution >= 0.6 is 11.3 Å². The summed E-state index contributed by atoms with van der Waals surface area (Å²) >= 11 is 1.49. The van der Waals surface area contributed by atoms with Crippen molar-refractivity contribution in [2.45, 2.75) is 19.9 Å². The van der Waals surface area contributed by atoms with E-state index in [0.29, 0.717) is 12.2 Å². The van der Waals surface area contributed by atoms with Crippen molar-refractivity contribution in [3.63, 3.8) is 0 Å². The summed E-state index contributed by atoms with van der Waals surface area (Å²) in [5, 5.41) is 5.54. The second-order valence-corrected chi connectivity index (χ2v) is 4.72. The minimum atomic E-state index is -0.0972. The van der Waals surface area contributed by atoms with Crippen LogP contribution in [0.5, 0.6) is 0 Å². The number of carbonyl (C=O) groups is 1. The molecule has 0 radical (unpaired) electrons. The molecule has 2 rings (SSSR count). The molecular weight excluding hydrogens is 236 g/mol. The summed E-state index contributed by atoms with van der Waals surface area (Å²) in [6.45, 7) is 3.39. The maximum absolute atomic E-state index is 11.6. The average Bonchev–Trinajstić information content (AvgIpc) is 2.95. The monoisotopic (exact) mass is 250 g/mol. The standard InChI is InChI=1S/C11H14N4OS/c1-9-14-10(7-17-9)11(16)13-3-2-5-15-6-4-12-8-15/h4,6-8H,2-3,5H2,1H3,(H,13,16). The van der Waals surface area contributed by atoms with Gasteiger partial charge in [-0.1, -0.05) is 0 Å². The fourth-order valence-corrected chi connectivity index (χ4v) is 2.03. The smallest absolute Gasteiger partial charge is 0.270 e. The van der Waals surface area contributed by atoms with Crippen molar-refractivity contribution in [3.05, 3.63) is 34.8 Å². The molecule has 2 heterocycles. The average molecular weight is 250 g/mol. The number of amides is 1. The summed E-state index contributed by atoms with van der Waals surface area (Å²) in [7, 11) is 0. The highest BCUT2D eigenvalue weighted by molar-refractivity contribution is 7.09. The van der Waals surface area contributed by atoms with Crippen LogP contribution in [0.1, 0.15) is 21.9 Å². The van der Waals surface area contributed by atoms with E-state index in [0.717, 1.165) is 18.0 Å². The maximum atomic E-state index is 11.6. The summed E-state index contributed by atoms with van der Waals surface area (Å²) in [6.07, 6.45) is 6.30. The summed E-state index contributed by atoms with van der Waals surface area (Å²) in [6, 6.07) is 0. The molecular formula is C11H14N4OS. The first-order chi connectivity index (χ1) is 8.25. The second-order valence-electron chi connectivity index (χ2n) is 3.66. The van der Waals surface area contributed by atoms with Gasteiger partial charge in [0.05, 0.1) is 11.3 Å². The molecule has 0 atom stereocenters. The van der Waals surface area contributed by atoms with E-state index in [-0.39, 0.29) is 5.91 Å². The third-order valence-electron chi connectivity index (χ3n) is 2.29. The van der Waals surface area contributed by atoms with Crippen LogP contribution < -0.4 is 5.32 Å². The molecule has 0 spiro atoms. The molecule has 0 aliphatic heterocycles. The van der Waals surface area contributed by atoms with Crippen molar-refractivity contribution in [1.82, 2.24) is 19.9 Å². The predicted octanol–water partition coefficient (Wildman–Crippen LogP) is 1.47. The molecule has 0 saturated heterocycles. The quantitative estimate of drug-likeness (QED) is 0.817. The SMILES string of the molecule is Cc1nc(C(=O)NCCCn2ccnc2)cs1. The van der Waals surface area contributed by atoms with Gasteiger partial charge in [0.15, 0.2) is 0 Å². The van der Waals surface area contributed by atoms with Crippen molar-refractivity contribution in [2.24, 2.45) is 0 Å². The van der Waals surface area contributed by atoms with Crippen LogP contribution in [-0.4, -0.2) is 27.0 Å². The topological polar surface area (TPSA) is 59.8 Å². The minimum Gasteiger partial charge on any atom is -0.351 e. The lowest BCUT2D eigenvalue weighted by atomic mass is 10.4. The van der Waals surface area contributed by atoms with E-state index < -0.39 is 0 Å². The van der Waals surface area contributed by atoms with Crippen LogP contribution in [0, 0.1) is 6.92 Å². The Morgan fingerprint density at radius 1 is 1.59 bits per heavy atom. The Hall–Kier alpha value is -1.69. The van der Waals surface area contributed by atoms with Gasteiger partial charge in [-0.3, -0.25) is 4.79 Å². The Morgan fingerprint density at radius 3 is 3.12 bits per heavy atom. The molecule has 0 fully saturated rings. The van der Waals surface area contributed by atoms with Crippen molar-refractivity contribution >= 4 is 17.2 Å². The lowest BCUT2D eigenvalue weighted by molar-refractivity contribution is 0.0948. The fraction of sp³-hybridized carbons (Fsp3) is 0.364. The van der Waals surface area contributed by atoms with Crippen molar-refractivity contribution in [3.8, 4) is 0 Å². The number of nitrogens with zero attached hydrogens (tertiary/aromatic N) is 3. The molecule has 0 aliphatic carbocycles. The van der Waals surface area contributed by atoms with E-state index in [1.807, 2.05) is 17.7 Å². The first-order valence-corrected chi connectivity index (χ1v) is 6.30. The Morgan fingerprint density at radius 2 is 2.47 bits per heavy atom. The van der Waals surface area contributed by atoms with Gasteiger partial charge in [0.2, 0.25) is 0 Å². The van der Waals surface area contributed by atoms with Crippen LogP contribution in [-0.2, 0) is 6.54 Å². The highest BCUT2D eigenvalue weighted by Crippen LogP contribution is 2.07. The summed E-state index contributed by atoms with van der Waals surface area (Å²) in [5.41, 5.74) is 0.509. The Labute approximate surface area is 104 Å². The third kappa shape index (κ3) is 3.39. The number of aryl methyl sites for hydroxylation is 2. The molecule has 1 N–H and O–H groups in total. The molecule has 0 saturated carbocycles. The molecule has 2 aromatic rings. The van der Waals surface area contributed by atoms with Gasteiger partial charge in [-0.15, -0.1) is 11.3 Å². The molecule has 0 unspecified atom stereocenters. The van der Waals surface area contributed by atoms with E-state index in [2.05, 4.69) is 15.3 Å². The highest BCUT2D eigenvalue weighted by Gasteiger charge is 2.07. The van der Waals surface area contributed by atoms with Gasteiger partial charge in [0.1, 0.15) is 5.69 Å². The lowest BCUT2D eigenvalue weighted by Gasteiger charge is -2.03. The van der Waals surface area contributed by atoms with Crippen molar-refractivity contribution in [1.29, 1.82) is 0 Å². The zero-order chi connectivity index (χ0) is 12.1. The number of rotatable bonds is 5. The Bertz CT molecular complexity index is 477. The van der Waals surface area contributed by atoms with Gasteiger partial charge >= 0.3 is 0 Å². The minimum absolute atomic E-state index is 0.0972. The maximum Gasteiger partial charge on any atom is 0.270 e. The summed E-state index contributed by atoms with van der Waals surface area (Å²) in [5.74, 6) is -0.0972. The number of carbonyl (C=O) groups excluding carboxylic acids is 1. The fourth-order valence-electron chi connectivity index (χ4n) is 1.44. The summed E-state index contributed by atoms with van der Waals surface area (Å²) in [4.78, 5) is 19.7. The van der Waals surface area contributed by atoms with Crippen LogP contribution in [0.25, 0.3) is 0 Å². The van der Waals surface area contributed by atoms with Gasteiger partial charge in [-0.25, -0.2) is 9.97 Å². The molecule has 0 bridgehead atoms. The third-order valence-corrected chi connectivity index (χ3v) is 3.06. The highest BCUT2D eigenvalue weighted by atomic mass is 32.1. The normalized spacial score (nSPS) is 10.4. The van der Waals surface area contributed by atoms with Crippen molar-refractivity contribution < 1.29 is 4.79 Å². The molecule has 0 aliphatic rings. The van der Waals surface area contributed by atoms with Crippen LogP contribution in [0.2, 0.25) is 0 Å². The van der Waals surface area contributed by atoms with E-state index in [1.165, 1.54) is 11.3 Å². The molecule has 5 nitrogen and oxygen atoms in total. The van der Waals surface area contributed by atoms with Crippen LogP contribution in [0.4, 0.5) is 0 Å². The second kappa shape index (κ2) is 5.58. The molecule has 90 valence electrons. The number of imidazole rings is 1. The molecule has 17 heavy (non-hydrogen) atoms. The van der Waals surface area contributed by atoms with E-state index in [1.54, 1.807) is 17.9 Å². The lowest BCUT2D eigenvalue weighted by Crippen LogP contribution is -2.25. The molecule has 6 heteroatoms. The zero-order valence-corrected chi connectivity index (χ0v) is 10.4. The Balaban J connectivity index is 1.70. The van der Waals surface area contributed by atoms with Gasteiger partial charge < -0.3 is 9.88 Å². The van der Waals surface area contributed by atoms with E-state index >= 15 is 0 Å². The predicted molar refractivity (Wildman–Crippen MR) is 66.0 cm³/mol. The van der Waals surface area contributed by atoms with Crippen LogP contribution in [0.3, 0.4) is 0 Å². The Kier molecular flexibility index (Phi) is 3.87. The number of aromatic nitrogens is 3. The van der Waals surface area contributed by atoms with Gasteiger partial charge in [-0.2, -0.15) is 0 Å². The first kappa shape index (κ1) is 11.8. The molecule has 2 aromatic heterocycles. The summed E-state index contributed by atoms with van der Waals surface area (Å²) < 4.78 is 1.99. The van der Waals surface area contributed by atoms with Crippen LogP contribution in [0.15, 0.2) is 24.1 Å². The largest absolute Gasteiger partial charge is 0.351 e. The van der Waals surface area contributed by atoms with E-state index in [9.17, 15) is 4.79 Å². The number of thiazole rings is 1. The van der Waals surface area contributed by atoms with E-state index in [4.69, 9.17) is 0 Å². The van der Waals surface area contributed by atoms with Gasteiger partial charge in [0.25, 0.3) is 5.91 Å². The number of hydrogen-bond acceptors (Lipinski definition) is 4. The first-order valence-electron chi connectivity index (χ1n) is 5.42. The molecule has 1 amide bonds. The van der Waals surface area contributed by atoms with Gasteiger partial charge in [0, 0.05) is 30.9 Å². The molecule has 0 aromatic carbocycles. The van der Waals surface area contributed by atoms with Crippen molar-refractivity contribution in [2.75, 3.05) is 6.54 Å². The number of hydrogen-bond donors (Lipinski definition) is 1. The van der Waals surface area contributed by atoms with Gasteiger partial charge in [-0.05, 0) is 13.3 Å².